The summed E-state index contributed by atoms with van der Waals surface area (Å²) in [5, 5.41) is 104. The summed E-state index contributed by atoms with van der Waals surface area (Å²) in [7, 11) is -5.95. The van der Waals surface area contributed by atoms with Crippen LogP contribution in [-0.4, -0.2) is 147 Å². The maximum Gasteiger partial charge on any atom is 0.470 e. The molecule has 0 aromatic heterocycles. The molecule has 0 saturated heterocycles. The van der Waals surface area contributed by atoms with Crippen molar-refractivity contribution in [2.24, 2.45) is 10.8 Å². The van der Waals surface area contributed by atoms with Crippen LogP contribution in [0.3, 0.4) is 0 Å². The molecule has 0 aliphatic carbocycles. The Balaban J connectivity index is 0. The number of rotatable bonds is 21. The summed E-state index contributed by atoms with van der Waals surface area (Å²) >= 11 is 0. The van der Waals surface area contributed by atoms with Crippen molar-refractivity contribution in [2.45, 2.75) is 45.8 Å². The molecule has 0 rings (SSSR count). The van der Waals surface area contributed by atoms with Crippen molar-refractivity contribution >= 4 is 37.7 Å². The molecule has 0 aliphatic rings. The number of aliphatic hydroxyl groups is 6. The average molecular weight is 773 g/mol. The molecule has 0 aliphatic heterocycles. The summed E-state index contributed by atoms with van der Waals surface area (Å²) in [6.45, 7) is -0.475. The van der Waals surface area contributed by atoms with E-state index < -0.39 is 127 Å². The molecule has 0 radical (unpaired) electrons. The van der Waals surface area contributed by atoms with Crippen molar-refractivity contribution in [3.05, 3.63) is 58.4 Å². The standard InChI is InChI=1S/C25H33O17P.C5H12O4/c1-13(18(28)29)6-24(7-14(2)19(30)31,41-10-17(5)22(36)37)23(11-26,12-27)25(42-43(38,39)40,8-15(3)20(32)33)9-16(4)21(34)35;6-1-5(2-7,3-8)4-9/h6-10,26-27H,11-12H2,1-5H3,(H,28,29)(H,30,31)(H,32,33)(H,34,35)(H,36,37)(H2,38,39,40);6-9H,1-4H2. The second kappa shape index (κ2) is 20.7. The van der Waals surface area contributed by atoms with Crippen LogP contribution in [0, 0.1) is 10.8 Å². The lowest BCUT2D eigenvalue weighted by atomic mass is 9.59. The van der Waals surface area contributed by atoms with Gasteiger partial charge in [0.1, 0.15) is 11.0 Å². The number of carboxylic acids is 5. The van der Waals surface area contributed by atoms with Gasteiger partial charge in [0.05, 0.1) is 56.9 Å². The molecule has 0 spiro atoms. The number of phosphoric acid groups is 1. The molecular formula is C30H45O21P. The molecule has 22 heteroatoms. The Hall–Kier alpha value is -4.28. The average Bonchev–Trinajstić information content (AvgIpc) is 3.04. The number of phosphoric ester groups is 1. The number of hydrogen-bond acceptors (Lipinski definition) is 14. The van der Waals surface area contributed by atoms with Gasteiger partial charge in [0.25, 0.3) is 0 Å². The fourth-order valence-corrected chi connectivity index (χ4v) is 4.75. The van der Waals surface area contributed by atoms with Crippen molar-refractivity contribution in [1.82, 2.24) is 0 Å². The number of aliphatic carboxylic acids is 5. The van der Waals surface area contributed by atoms with E-state index in [2.05, 4.69) is 0 Å². The Morgan fingerprint density at radius 3 is 0.962 bits per heavy atom. The van der Waals surface area contributed by atoms with Gasteiger partial charge in [-0.15, -0.1) is 0 Å². The van der Waals surface area contributed by atoms with Gasteiger partial charge in [-0.1, -0.05) is 0 Å². The lowest BCUT2D eigenvalue weighted by Crippen LogP contribution is -2.65. The van der Waals surface area contributed by atoms with Crippen LogP contribution in [0.25, 0.3) is 0 Å². The van der Waals surface area contributed by atoms with Gasteiger partial charge >= 0.3 is 37.7 Å². The number of aliphatic hydroxyl groups excluding tert-OH is 6. The minimum atomic E-state index is -5.95. The van der Waals surface area contributed by atoms with Gasteiger partial charge in [0.15, 0.2) is 5.60 Å². The van der Waals surface area contributed by atoms with E-state index in [0.717, 1.165) is 34.6 Å². The van der Waals surface area contributed by atoms with Gasteiger partial charge in [-0.2, -0.15) is 0 Å². The first kappa shape index (κ1) is 49.8. The molecule has 0 amide bonds. The van der Waals surface area contributed by atoms with E-state index in [0.29, 0.717) is 30.6 Å². The maximum absolute atomic E-state index is 12.4. The monoisotopic (exact) mass is 772 g/mol. The highest BCUT2D eigenvalue weighted by molar-refractivity contribution is 7.46. The summed E-state index contributed by atoms with van der Waals surface area (Å²) in [4.78, 5) is 79.0. The summed E-state index contributed by atoms with van der Waals surface area (Å²) in [6.07, 6.45) is 2.25. The Morgan fingerprint density at radius 2 is 0.769 bits per heavy atom. The normalized spacial score (nSPS) is 16.1. The third-order valence-corrected chi connectivity index (χ3v) is 8.03. The van der Waals surface area contributed by atoms with Crippen LogP contribution in [0.15, 0.2) is 58.4 Å². The van der Waals surface area contributed by atoms with Gasteiger partial charge in [-0.05, 0) is 58.9 Å². The van der Waals surface area contributed by atoms with Crippen LogP contribution in [0.1, 0.15) is 34.6 Å². The van der Waals surface area contributed by atoms with Gasteiger partial charge in [-0.25, -0.2) is 28.5 Å². The van der Waals surface area contributed by atoms with Gasteiger partial charge < -0.3 is 70.7 Å². The molecule has 296 valence electrons. The molecule has 0 atom stereocenters. The highest BCUT2D eigenvalue weighted by Gasteiger charge is 2.65. The molecule has 0 unspecified atom stereocenters. The van der Waals surface area contributed by atoms with Gasteiger partial charge in [-0.3, -0.25) is 4.52 Å². The van der Waals surface area contributed by atoms with E-state index in [-0.39, 0.29) is 0 Å². The van der Waals surface area contributed by atoms with E-state index in [1.807, 2.05) is 0 Å². The quantitative estimate of drug-likeness (QED) is 0.0363. The Morgan fingerprint density at radius 1 is 0.500 bits per heavy atom. The summed E-state index contributed by atoms with van der Waals surface area (Å²) in [6, 6.07) is 0. The van der Waals surface area contributed by atoms with Crippen molar-refractivity contribution < 1.29 is 104 Å². The molecule has 21 nitrogen and oxygen atoms in total. The minimum absolute atomic E-state index is 0.382. The maximum atomic E-state index is 12.4. The Bertz CT molecular complexity index is 1430. The third-order valence-electron chi connectivity index (χ3n) is 7.49. The highest BCUT2D eigenvalue weighted by atomic mass is 31.2. The summed E-state index contributed by atoms with van der Waals surface area (Å²) < 4.78 is 23.0. The zero-order chi connectivity index (χ0) is 41.5. The molecule has 0 bridgehead atoms. The van der Waals surface area contributed by atoms with E-state index >= 15 is 0 Å². The van der Waals surface area contributed by atoms with Crippen LogP contribution in [0.2, 0.25) is 0 Å². The predicted molar refractivity (Wildman–Crippen MR) is 174 cm³/mol. The molecule has 0 saturated carbocycles. The van der Waals surface area contributed by atoms with Crippen molar-refractivity contribution in [2.75, 3.05) is 39.6 Å². The molecule has 52 heavy (non-hydrogen) atoms. The fourth-order valence-electron chi connectivity index (χ4n) is 4.07. The van der Waals surface area contributed by atoms with Crippen LogP contribution < -0.4 is 0 Å². The van der Waals surface area contributed by atoms with Crippen LogP contribution in [-0.2, 0) is 37.8 Å². The van der Waals surface area contributed by atoms with E-state index in [1.54, 1.807) is 0 Å². The molecular weight excluding hydrogens is 727 g/mol. The zero-order valence-electron chi connectivity index (χ0n) is 28.7. The van der Waals surface area contributed by atoms with E-state index in [4.69, 9.17) is 29.7 Å². The number of ether oxygens (including phenoxy) is 1. The molecule has 0 aromatic rings. The third kappa shape index (κ3) is 13.0. The Kier molecular flexibility index (Phi) is 19.8. The van der Waals surface area contributed by atoms with E-state index in [1.165, 1.54) is 0 Å². The van der Waals surface area contributed by atoms with Crippen LogP contribution in [0.5, 0.6) is 0 Å². The van der Waals surface area contributed by atoms with Gasteiger partial charge in [0.2, 0.25) is 0 Å². The van der Waals surface area contributed by atoms with E-state index in [9.17, 15) is 74.1 Å². The summed E-state index contributed by atoms with van der Waals surface area (Å²) in [5.41, 5.74) is -14.4. The topological polar surface area (TPSA) is 384 Å². The van der Waals surface area contributed by atoms with Crippen LogP contribution >= 0.6 is 7.82 Å². The fraction of sp³-hybridized carbons (Fsp3) is 0.500. The number of carboxylic acid groups (broad SMARTS) is 5. The number of carbonyl (C=O) groups is 5. The zero-order valence-corrected chi connectivity index (χ0v) is 29.6. The molecule has 0 heterocycles. The SMILES string of the molecule is CC(=COC(C=C(C)C(=O)O)(C=C(C)C(=O)O)C(CO)(CO)C(C=C(C)C(=O)O)(C=C(C)C(=O)O)OP(=O)(O)O)C(=O)O.OCC(CO)(CO)CO. The first-order valence-electron chi connectivity index (χ1n) is 14.4. The first-order chi connectivity index (χ1) is 23.7. The lowest BCUT2D eigenvalue weighted by Gasteiger charge is -2.53. The second-order valence-corrected chi connectivity index (χ2v) is 12.6. The first-order valence-corrected chi connectivity index (χ1v) is 15.9. The molecule has 13 N–H and O–H groups in total. The second-order valence-electron chi connectivity index (χ2n) is 11.5. The largest absolute Gasteiger partial charge is 0.485 e. The van der Waals surface area contributed by atoms with Crippen LogP contribution in [0.4, 0.5) is 0 Å². The molecule has 0 fully saturated rings. The van der Waals surface area contributed by atoms with Crippen molar-refractivity contribution in [3.8, 4) is 0 Å². The van der Waals surface area contributed by atoms with Crippen molar-refractivity contribution in [1.29, 1.82) is 0 Å². The highest BCUT2D eigenvalue weighted by Crippen LogP contribution is 2.56. The lowest BCUT2D eigenvalue weighted by molar-refractivity contribution is -0.159. The minimum Gasteiger partial charge on any atom is -0.485 e. The predicted octanol–water partition coefficient (Wildman–Crippen LogP) is -1.39. The Labute approximate surface area is 296 Å². The smallest absolute Gasteiger partial charge is 0.470 e. The van der Waals surface area contributed by atoms with Crippen molar-refractivity contribution in [3.63, 3.8) is 0 Å². The van der Waals surface area contributed by atoms with Gasteiger partial charge in [0, 0.05) is 22.3 Å². The summed E-state index contributed by atoms with van der Waals surface area (Å²) in [5.74, 6) is -8.66. The molecule has 0 aromatic carbocycles. The number of hydrogen-bond donors (Lipinski definition) is 13.